The molecule has 0 fully saturated rings. The van der Waals surface area contributed by atoms with Gasteiger partial charge in [-0.1, -0.05) is 133 Å². The van der Waals surface area contributed by atoms with Crippen LogP contribution in [0.4, 0.5) is 0 Å². The highest BCUT2D eigenvalue weighted by Crippen LogP contribution is 2.12. The van der Waals surface area contributed by atoms with E-state index in [4.69, 9.17) is 4.74 Å². The average molecular weight is 543 g/mol. The van der Waals surface area contributed by atoms with Crippen LogP contribution >= 0.6 is 0 Å². The third-order valence-electron chi connectivity index (χ3n) is 6.90. The summed E-state index contributed by atoms with van der Waals surface area (Å²) < 4.78 is 4.98. The lowest BCUT2D eigenvalue weighted by Gasteiger charge is -2.04. The van der Waals surface area contributed by atoms with Crippen LogP contribution in [-0.4, -0.2) is 11.9 Å². The molecule has 0 saturated heterocycles. The van der Waals surface area contributed by atoms with E-state index >= 15 is 0 Å². The molecule has 0 spiro atoms. The first kappa shape index (κ1) is 37.1. The molecule has 0 aromatic carbocycles. The zero-order valence-electron chi connectivity index (χ0n) is 25.8. The number of rotatable bonds is 28. The SMILES string of the molecule is CC/C=C\C/C=C\C/C=C\CCCCCCCC(=O)OC(=O)CCCCCCC/C=C\CCCCCCCC. The van der Waals surface area contributed by atoms with Crippen LogP contribution < -0.4 is 0 Å². The second-order valence-corrected chi connectivity index (χ2v) is 10.8. The molecule has 0 atom stereocenters. The van der Waals surface area contributed by atoms with Gasteiger partial charge < -0.3 is 4.74 Å². The summed E-state index contributed by atoms with van der Waals surface area (Å²) in [6.07, 6.45) is 44.4. The van der Waals surface area contributed by atoms with Crippen molar-refractivity contribution in [1.82, 2.24) is 0 Å². The molecule has 0 rings (SSSR count). The normalized spacial score (nSPS) is 12.1. The summed E-state index contributed by atoms with van der Waals surface area (Å²) in [5.74, 6) is -0.703. The predicted molar refractivity (Wildman–Crippen MR) is 170 cm³/mol. The maximum Gasteiger partial charge on any atom is 0.313 e. The van der Waals surface area contributed by atoms with Crippen LogP contribution in [0.1, 0.15) is 168 Å². The van der Waals surface area contributed by atoms with Crippen molar-refractivity contribution in [2.24, 2.45) is 0 Å². The number of allylic oxidation sites excluding steroid dienone is 8. The maximum atomic E-state index is 11.9. The first-order valence-corrected chi connectivity index (χ1v) is 16.5. The second-order valence-electron chi connectivity index (χ2n) is 10.8. The standard InChI is InChI=1S/C36H62O3/c1-3-5-7-9-11-13-15-17-19-21-23-25-27-29-31-33-35(37)39-36(38)34-32-30-28-26-24-22-20-18-16-14-12-10-8-6-4-2/h5,7,11,13,17-20H,3-4,6,8-10,12,14-16,21-34H2,1-2H3/b7-5-,13-11-,19-17-,20-18-. The van der Waals surface area contributed by atoms with E-state index in [9.17, 15) is 9.59 Å². The average Bonchev–Trinajstić information content (AvgIpc) is 2.93. The molecular formula is C36H62O3. The first-order valence-electron chi connectivity index (χ1n) is 16.5. The van der Waals surface area contributed by atoms with E-state index in [1.807, 2.05) is 0 Å². The second kappa shape index (κ2) is 32.3. The van der Waals surface area contributed by atoms with Crippen LogP contribution in [0.5, 0.6) is 0 Å². The third-order valence-corrected chi connectivity index (χ3v) is 6.90. The van der Waals surface area contributed by atoms with E-state index in [1.54, 1.807) is 0 Å². The molecule has 39 heavy (non-hydrogen) atoms. The lowest BCUT2D eigenvalue weighted by Crippen LogP contribution is -2.11. The molecule has 0 N–H and O–H groups in total. The van der Waals surface area contributed by atoms with Gasteiger partial charge in [0.05, 0.1) is 0 Å². The van der Waals surface area contributed by atoms with Crippen LogP contribution in [0, 0.1) is 0 Å². The van der Waals surface area contributed by atoms with Crippen LogP contribution in [0.15, 0.2) is 48.6 Å². The highest BCUT2D eigenvalue weighted by Gasteiger charge is 2.09. The lowest BCUT2D eigenvalue weighted by atomic mass is 10.1. The Hall–Kier alpha value is -1.90. The molecule has 0 radical (unpaired) electrons. The van der Waals surface area contributed by atoms with Gasteiger partial charge in [0.15, 0.2) is 0 Å². The molecule has 224 valence electrons. The van der Waals surface area contributed by atoms with Crippen molar-refractivity contribution in [1.29, 1.82) is 0 Å². The van der Waals surface area contributed by atoms with Crippen molar-refractivity contribution < 1.29 is 14.3 Å². The summed E-state index contributed by atoms with van der Waals surface area (Å²) in [6.45, 7) is 4.42. The molecule has 0 saturated carbocycles. The largest absolute Gasteiger partial charge is 0.393 e. The van der Waals surface area contributed by atoms with Gasteiger partial charge in [-0.2, -0.15) is 0 Å². The Morgan fingerprint density at radius 1 is 0.436 bits per heavy atom. The monoisotopic (exact) mass is 542 g/mol. The number of carbonyl (C=O) groups excluding carboxylic acids is 2. The molecule has 0 heterocycles. The van der Waals surface area contributed by atoms with Crippen molar-refractivity contribution in [2.75, 3.05) is 0 Å². The molecule has 0 aliphatic rings. The molecule has 0 bridgehead atoms. The Morgan fingerprint density at radius 3 is 1.26 bits per heavy atom. The van der Waals surface area contributed by atoms with Crippen molar-refractivity contribution >= 4 is 11.9 Å². The Balaban J connectivity index is 3.42. The van der Waals surface area contributed by atoms with Crippen molar-refractivity contribution in [3.05, 3.63) is 48.6 Å². The van der Waals surface area contributed by atoms with Gasteiger partial charge in [0.1, 0.15) is 0 Å². The Kier molecular flexibility index (Phi) is 30.7. The fourth-order valence-corrected chi connectivity index (χ4v) is 4.46. The van der Waals surface area contributed by atoms with Gasteiger partial charge in [-0.15, -0.1) is 0 Å². The van der Waals surface area contributed by atoms with E-state index in [1.165, 1.54) is 77.0 Å². The van der Waals surface area contributed by atoms with Gasteiger partial charge in [0, 0.05) is 12.8 Å². The molecule has 0 amide bonds. The van der Waals surface area contributed by atoms with E-state index < -0.39 is 0 Å². The van der Waals surface area contributed by atoms with E-state index in [0.717, 1.165) is 64.2 Å². The molecule has 3 nitrogen and oxygen atoms in total. The fraction of sp³-hybridized carbons (Fsp3) is 0.722. The number of carbonyl (C=O) groups is 2. The Bertz CT molecular complexity index is 656. The maximum absolute atomic E-state index is 11.9. The highest BCUT2D eigenvalue weighted by molar-refractivity contribution is 5.85. The van der Waals surface area contributed by atoms with Crippen molar-refractivity contribution in [2.45, 2.75) is 168 Å². The summed E-state index contributed by atoms with van der Waals surface area (Å²) in [7, 11) is 0. The predicted octanol–water partition coefficient (Wildman–Crippen LogP) is 11.7. The number of hydrogen-bond acceptors (Lipinski definition) is 3. The minimum absolute atomic E-state index is 0.350. The lowest BCUT2D eigenvalue weighted by molar-refractivity contribution is -0.159. The highest BCUT2D eigenvalue weighted by atomic mass is 16.6. The van der Waals surface area contributed by atoms with Crippen LogP contribution in [0.25, 0.3) is 0 Å². The molecule has 0 aromatic rings. The van der Waals surface area contributed by atoms with Gasteiger partial charge in [0.25, 0.3) is 0 Å². The van der Waals surface area contributed by atoms with Gasteiger partial charge in [0.2, 0.25) is 0 Å². The smallest absolute Gasteiger partial charge is 0.313 e. The Labute approximate surface area is 242 Å². The van der Waals surface area contributed by atoms with E-state index in [2.05, 4.69) is 62.5 Å². The minimum atomic E-state index is -0.353. The van der Waals surface area contributed by atoms with Gasteiger partial charge in [-0.3, -0.25) is 9.59 Å². The van der Waals surface area contributed by atoms with Gasteiger partial charge in [-0.05, 0) is 70.6 Å². The summed E-state index contributed by atoms with van der Waals surface area (Å²) in [4.78, 5) is 23.8. The van der Waals surface area contributed by atoms with E-state index in [-0.39, 0.29) is 11.9 Å². The summed E-state index contributed by atoms with van der Waals surface area (Å²) in [5, 5.41) is 0. The quantitative estimate of drug-likeness (QED) is 0.0427. The Morgan fingerprint density at radius 2 is 0.795 bits per heavy atom. The summed E-state index contributed by atoms with van der Waals surface area (Å²) in [5.41, 5.74) is 0. The summed E-state index contributed by atoms with van der Waals surface area (Å²) in [6, 6.07) is 0. The van der Waals surface area contributed by atoms with Crippen LogP contribution in [0.2, 0.25) is 0 Å². The fourth-order valence-electron chi connectivity index (χ4n) is 4.46. The van der Waals surface area contributed by atoms with E-state index in [0.29, 0.717) is 12.8 Å². The first-order chi connectivity index (χ1) is 19.2. The zero-order chi connectivity index (χ0) is 28.5. The minimum Gasteiger partial charge on any atom is -0.393 e. The summed E-state index contributed by atoms with van der Waals surface area (Å²) >= 11 is 0. The van der Waals surface area contributed by atoms with Gasteiger partial charge in [-0.25, -0.2) is 0 Å². The third kappa shape index (κ3) is 32.2. The topological polar surface area (TPSA) is 43.4 Å². The molecule has 0 aromatic heterocycles. The van der Waals surface area contributed by atoms with Gasteiger partial charge >= 0.3 is 11.9 Å². The molecule has 0 aliphatic heterocycles. The van der Waals surface area contributed by atoms with Crippen LogP contribution in [-0.2, 0) is 14.3 Å². The van der Waals surface area contributed by atoms with Crippen LogP contribution in [0.3, 0.4) is 0 Å². The van der Waals surface area contributed by atoms with Crippen molar-refractivity contribution in [3.63, 3.8) is 0 Å². The molecule has 3 heteroatoms. The number of hydrogen-bond donors (Lipinski definition) is 0. The molecular weight excluding hydrogens is 480 g/mol. The number of ether oxygens (including phenoxy) is 1. The molecule has 0 aliphatic carbocycles. The number of unbranched alkanes of at least 4 members (excludes halogenated alkanes) is 16. The van der Waals surface area contributed by atoms with Crippen molar-refractivity contribution in [3.8, 4) is 0 Å². The zero-order valence-corrected chi connectivity index (χ0v) is 25.8. The molecule has 0 unspecified atom stereocenters. The number of esters is 2.